The standard InChI is InChI=1S/C15H20Cl2N4O/c1-10(22-12-5-6-13(16)14(17)7-12)8-20(3)9-15-19-18-11(2)21(15)4/h5-7,10H,8-9H2,1-4H3/t10-/m1/s1. The molecule has 0 saturated carbocycles. The lowest BCUT2D eigenvalue weighted by molar-refractivity contribution is 0.156. The van der Waals surface area contributed by atoms with Gasteiger partial charge in [-0.25, -0.2) is 0 Å². The molecule has 0 radical (unpaired) electrons. The van der Waals surface area contributed by atoms with Gasteiger partial charge in [0.2, 0.25) is 0 Å². The summed E-state index contributed by atoms with van der Waals surface area (Å²) in [6.45, 7) is 5.42. The Bertz CT molecular complexity index is 644. The minimum Gasteiger partial charge on any atom is -0.489 e. The van der Waals surface area contributed by atoms with E-state index in [1.807, 2.05) is 38.6 Å². The molecule has 1 heterocycles. The van der Waals surface area contributed by atoms with Gasteiger partial charge in [-0.05, 0) is 33.0 Å². The zero-order valence-corrected chi connectivity index (χ0v) is 14.7. The van der Waals surface area contributed by atoms with Crippen molar-refractivity contribution >= 4 is 23.2 Å². The largest absolute Gasteiger partial charge is 0.489 e. The molecule has 0 unspecified atom stereocenters. The summed E-state index contributed by atoms with van der Waals surface area (Å²) in [5.74, 6) is 2.55. The van der Waals surface area contributed by atoms with Crippen molar-refractivity contribution in [2.45, 2.75) is 26.5 Å². The molecule has 2 aromatic rings. The number of likely N-dealkylation sites (N-methyl/N-ethyl adjacent to an activating group) is 1. The van der Waals surface area contributed by atoms with Crippen molar-refractivity contribution in [2.24, 2.45) is 7.05 Å². The van der Waals surface area contributed by atoms with Crippen molar-refractivity contribution in [1.29, 1.82) is 0 Å². The Morgan fingerprint density at radius 1 is 1.27 bits per heavy atom. The van der Waals surface area contributed by atoms with Crippen LogP contribution in [0.2, 0.25) is 10.0 Å². The second-order valence-corrected chi connectivity index (χ2v) is 6.24. The Labute approximate surface area is 140 Å². The molecule has 0 N–H and O–H groups in total. The third-order valence-electron chi connectivity index (χ3n) is 3.39. The third kappa shape index (κ3) is 4.35. The molecule has 7 heteroatoms. The maximum Gasteiger partial charge on any atom is 0.146 e. The van der Waals surface area contributed by atoms with Crippen LogP contribution < -0.4 is 4.74 Å². The molecule has 5 nitrogen and oxygen atoms in total. The van der Waals surface area contributed by atoms with Crippen LogP contribution in [0, 0.1) is 6.92 Å². The Kier molecular flexibility index (Phi) is 5.67. The monoisotopic (exact) mass is 342 g/mol. The van der Waals surface area contributed by atoms with Gasteiger partial charge in [0.25, 0.3) is 0 Å². The molecule has 0 bridgehead atoms. The molecule has 120 valence electrons. The number of aromatic nitrogens is 3. The van der Waals surface area contributed by atoms with E-state index in [-0.39, 0.29) is 6.10 Å². The van der Waals surface area contributed by atoms with E-state index in [1.165, 1.54) is 0 Å². The molecule has 22 heavy (non-hydrogen) atoms. The van der Waals surface area contributed by atoms with E-state index in [2.05, 4.69) is 15.1 Å². The molecule has 0 aliphatic rings. The molecule has 1 aromatic heterocycles. The topological polar surface area (TPSA) is 43.2 Å². The number of benzene rings is 1. The zero-order valence-electron chi connectivity index (χ0n) is 13.2. The average molecular weight is 343 g/mol. The van der Waals surface area contributed by atoms with Gasteiger partial charge in [-0.3, -0.25) is 4.90 Å². The molecule has 0 amide bonds. The van der Waals surface area contributed by atoms with Gasteiger partial charge in [0, 0.05) is 19.7 Å². The summed E-state index contributed by atoms with van der Waals surface area (Å²) in [6.07, 6.45) is 0.0107. The first-order valence-corrected chi connectivity index (χ1v) is 7.77. The van der Waals surface area contributed by atoms with Crippen LogP contribution in [0.4, 0.5) is 0 Å². The van der Waals surface area contributed by atoms with Crippen molar-refractivity contribution in [3.8, 4) is 5.75 Å². The smallest absolute Gasteiger partial charge is 0.146 e. The van der Waals surface area contributed by atoms with Crippen LogP contribution >= 0.6 is 23.2 Å². The van der Waals surface area contributed by atoms with Crippen LogP contribution in [0.3, 0.4) is 0 Å². The highest BCUT2D eigenvalue weighted by Crippen LogP contribution is 2.26. The summed E-state index contributed by atoms with van der Waals surface area (Å²) in [5, 5.41) is 9.25. The predicted molar refractivity (Wildman–Crippen MR) is 88.6 cm³/mol. The second-order valence-electron chi connectivity index (χ2n) is 5.42. The maximum atomic E-state index is 5.99. The lowest BCUT2D eigenvalue weighted by Gasteiger charge is -2.22. The lowest BCUT2D eigenvalue weighted by Crippen LogP contribution is -2.31. The summed E-state index contributed by atoms with van der Waals surface area (Å²) in [4.78, 5) is 2.14. The first-order chi connectivity index (χ1) is 10.4. The minimum absolute atomic E-state index is 0.0107. The Hall–Kier alpha value is -1.30. The normalized spacial score (nSPS) is 12.7. The molecule has 0 saturated heterocycles. The predicted octanol–water partition coefficient (Wildman–Crippen LogP) is 3.33. The first-order valence-electron chi connectivity index (χ1n) is 7.02. The average Bonchev–Trinajstić information content (AvgIpc) is 2.74. The van der Waals surface area contributed by atoms with Gasteiger partial charge >= 0.3 is 0 Å². The van der Waals surface area contributed by atoms with Crippen molar-refractivity contribution in [3.63, 3.8) is 0 Å². The molecule has 0 aliphatic carbocycles. The molecular formula is C15H20Cl2N4O. The fraction of sp³-hybridized carbons (Fsp3) is 0.467. The number of nitrogens with zero attached hydrogens (tertiary/aromatic N) is 4. The van der Waals surface area contributed by atoms with Crippen LogP contribution in [0.15, 0.2) is 18.2 Å². The molecule has 1 atom stereocenters. The SMILES string of the molecule is Cc1nnc(CN(C)C[C@@H](C)Oc2ccc(Cl)c(Cl)c2)n1C. The molecule has 0 spiro atoms. The highest BCUT2D eigenvalue weighted by molar-refractivity contribution is 6.42. The van der Waals surface area contributed by atoms with E-state index >= 15 is 0 Å². The first kappa shape index (κ1) is 17.1. The zero-order chi connectivity index (χ0) is 16.3. The highest BCUT2D eigenvalue weighted by Gasteiger charge is 2.12. The van der Waals surface area contributed by atoms with Gasteiger partial charge in [0.1, 0.15) is 23.5 Å². The van der Waals surface area contributed by atoms with E-state index in [0.29, 0.717) is 22.3 Å². The van der Waals surface area contributed by atoms with Gasteiger partial charge in [-0.15, -0.1) is 10.2 Å². The number of halogens is 2. The molecule has 1 aromatic carbocycles. The number of hydrogen-bond donors (Lipinski definition) is 0. The van der Waals surface area contributed by atoms with E-state index in [9.17, 15) is 0 Å². The van der Waals surface area contributed by atoms with Crippen LogP contribution in [-0.4, -0.2) is 39.4 Å². The van der Waals surface area contributed by atoms with Gasteiger partial charge in [-0.1, -0.05) is 23.2 Å². The maximum absolute atomic E-state index is 5.99. The van der Waals surface area contributed by atoms with Crippen molar-refractivity contribution in [3.05, 3.63) is 39.9 Å². The highest BCUT2D eigenvalue weighted by atomic mass is 35.5. The third-order valence-corrected chi connectivity index (χ3v) is 4.13. The van der Waals surface area contributed by atoms with E-state index in [4.69, 9.17) is 27.9 Å². The van der Waals surface area contributed by atoms with Crippen LogP contribution in [0.1, 0.15) is 18.6 Å². The van der Waals surface area contributed by atoms with Gasteiger partial charge in [-0.2, -0.15) is 0 Å². The van der Waals surface area contributed by atoms with Crippen molar-refractivity contribution < 1.29 is 4.74 Å². The molecular weight excluding hydrogens is 323 g/mol. The van der Waals surface area contributed by atoms with Gasteiger partial charge in [0.15, 0.2) is 0 Å². The van der Waals surface area contributed by atoms with E-state index in [0.717, 1.165) is 18.2 Å². The lowest BCUT2D eigenvalue weighted by atomic mass is 10.3. The quantitative estimate of drug-likeness (QED) is 0.807. The van der Waals surface area contributed by atoms with Crippen molar-refractivity contribution in [1.82, 2.24) is 19.7 Å². The van der Waals surface area contributed by atoms with Gasteiger partial charge < -0.3 is 9.30 Å². The van der Waals surface area contributed by atoms with Gasteiger partial charge in [0.05, 0.1) is 16.6 Å². The number of ether oxygens (including phenoxy) is 1. The Morgan fingerprint density at radius 3 is 2.59 bits per heavy atom. The minimum atomic E-state index is 0.0107. The fourth-order valence-corrected chi connectivity index (χ4v) is 2.44. The van der Waals surface area contributed by atoms with Crippen LogP contribution in [0.5, 0.6) is 5.75 Å². The van der Waals surface area contributed by atoms with Crippen molar-refractivity contribution in [2.75, 3.05) is 13.6 Å². The van der Waals surface area contributed by atoms with E-state index in [1.54, 1.807) is 12.1 Å². The summed E-state index contributed by atoms with van der Waals surface area (Å²) in [6, 6.07) is 5.28. The number of aryl methyl sites for hydroxylation is 1. The summed E-state index contributed by atoms with van der Waals surface area (Å²) < 4.78 is 7.85. The van der Waals surface area contributed by atoms with Crippen LogP contribution in [0.25, 0.3) is 0 Å². The summed E-state index contributed by atoms with van der Waals surface area (Å²) in [5.41, 5.74) is 0. The number of rotatable bonds is 6. The molecule has 0 aliphatic heterocycles. The fourth-order valence-electron chi connectivity index (χ4n) is 2.15. The second kappa shape index (κ2) is 7.31. The molecule has 0 fully saturated rings. The summed E-state index contributed by atoms with van der Waals surface area (Å²) >= 11 is 11.9. The van der Waals surface area contributed by atoms with Crippen LogP contribution in [-0.2, 0) is 13.6 Å². The Morgan fingerprint density at radius 2 is 2.00 bits per heavy atom. The summed E-state index contributed by atoms with van der Waals surface area (Å²) in [7, 11) is 3.99. The molecule has 2 rings (SSSR count). The number of hydrogen-bond acceptors (Lipinski definition) is 4. The van der Waals surface area contributed by atoms with E-state index < -0.39 is 0 Å². The Balaban J connectivity index is 1.89.